The van der Waals surface area contributed by atoms with Gasteiger partial charge in [-0.05, 0) is 31.6 Å². The predicted molar refractivity (Wildman–Crippen MR) is 59.9 cm³/mol. The first kappa shape index (κ1) is 11.7. The van der Waals surface area contributed by atoms with Gasteiger partial charge in [-0.1, -0.05) is 31.2 Å². The first-order chi connectivity index (χ1) is 7.06. The predicted octanol–water partition coefficient (Wildman–Crippen LogP) is 1.94. The zero-order valence-electron chi connectivity index (χ0n) is 9.40. The number of aliphatic carboxylic acids is 1. The summed E-state index contributed by atoms with van der Waals surface area (Å²) in [7, 11) is 3.54. The van der Waals surface area contributed by atoms with Crippen molar-refractivity contribution < 1.29 is 9.90 Å². The Morgan fingerprint density at radius 2 is 1.87 bits per heavy atom. The van der Waals surface area contributed by atoms with Crippen LogP contribution in [0.4, 0.5) is 0 Å². The second-order valence-corrected chi connectivity index (χ2v) is 3.80. The molecule has 1 aromatic rings. The molecule has 0 unspecified atom stereocenters. The van der Waals surface area contributed by atoms with Gasteiger partial charge in [0.05, 0.1) is 0 Å². The third-order valence-electron chi connectivity index (χ3n) is 2.45. The molecule has 82 valence electrons. The summed E-state index contributed by atoms with van der Waals surface area (Å²) in [5, 5.41) is 9.08. The van der Waals surface area contributed by atoms with Crippen molar-refractivity contribution in [2.75, 3.05) is 14.1 Å². The van der Waals surface area contributed by atoms with E-state index in [4.69, 9.17) is 5.11 Å². The smallest absolute Gasteiger partial charge is 0.325 e. The van der Waals surface area contributed by atoms with E-state index in [2.05, 4.69) is 6.92 Å². The second kappa shape index (κ2) is 4.94. The molecule has 0 aliphatic heterocycles. The molecule has 0 aliphatic carbocycles. The van der Waals surface area contributed by atoms with E-state index < -0.39 is 12.0 Å². The molecule has 0 heterocycles. The number of hydrogen-bond acceptors (Lipinski definition) is 2. The molecule has 3 nitrogen and oxygen atoms in total. The number of rotatable bonds is 4. The lowest BCUT2D eigenvalue weighted by atomic mass is 10.0. The fraction of sp³-hybridized carbons (Fsp3) is 0.417. The molecule has 0 aliphatic rings. The minimum atomic E-state index is -0.816. The molecule has 0 saturated carbocycles. The van der Waals surface area contributed by atoms with Crippen LogP contribution in [0.3, 0.4) is 0 Å². The highest BCUT2D eigenvalue weighted by molar-refractivity contribution is 5.75. The summed E-state index contributed by atoms with van der Waals surface area (Å²) in [5.74, 6) is -0.816. The second-order valence-electron chi connectivity index (χ2n) is 3.80. The maximum Gasteiger partial charge on any atom is 0.325 e. The summed E-state index contributed by atoms with van der Waals surface area (Å²) in [5.41, 5.74) is 2.05. The van der Waals surface area contributed by atoms with Crippen LogP contribution in [-0.4, -0.2) is 30.1 Å². The van der Waals surface area contributed by atoms with Gasteiger partial charge in [0, 0.05) is 0 Å². The number of likely N-dealkylation sites (N-methyl/N-ethyl adjacent to an activating group) is 1. The zero-order valence-corrected chi connectivity index (χ0v) is 9.40. The third kappa shape index (κ3) is 2.80. The highest BCUT2D eigenvalue weighted by Crippen LogP contribution is 2.19. The molecule has 0 aromatic heterocycles. The average molecular weight is 207 g/mol. The van der Waals surface area contributed by atoms with E-state index in [-0.39, 0.29) is 0 Å². The largest absolute Gasteiger partial charge is 0.480 e. The molecular formula is C12H17NO2. The van der Waals surface area contributed by atoms with Gasteiger partial charge in [0.2, 0.25) is 0 Å². The van der Waals surface area contributed by atoms with Gasteiger partial charge in [-0.2, -0.15) is 0 Å². The van der Waals surface area contributed by atoms with Crippen molar-refractivity contribution in [2.45, 2.75) is 19.4 Å². The van der Waals surface area contributed by atoms with Crippen LogP contribution in [0.15, 0.2) is 24.3 Å². The maximum absolute atomic E-state index is 11.1. The Morgan fingerprint density at radius 3 is 2.20 bits per heavy atom. The summed E-state index contributed by atoms with van der Waals surface area (Å²) in [6.07, 6.45) is 0.972. The molecule has 1 N–H and O–H groups in total. The average Bonchev–Trinajstić information content (AvgIpc) is 2.18. The number of carbonyl (C=O) groups is 1. The van der Waals surface area contributed by atoms with Gasteiger partial charge >= 0.3 is 5.97 Å². The van der Waals surface area contributed by atoms with Gasteiger partial charge in [0.1, 0.15) is 6.04 Å². The summed E-state index contributed by atoms with van der Waals surface area (Å²) in [4.78, 5) is 12.8. The highest BCUT2D eigenvalue weighted by atomic mass is 16.4. The van der Waals surface area contributed by atoms with Crippen LogP contribution < -0.4 is 0 Å². The summed E-state index contributed by atoms with van der Waals surface area (Å²) in [6.45, 7) is 2.08. The summed E-state index contributed by atoms with van der Waals surface area (Å²) >= 11 is 0. The molecular weight excluding hydrogens is 190 g/mol. The Kier molecular flexibility index (Phi) is 3.86. The van der Waals surface area contributed by atoms with Gasteiger partial charge in [0.15, 0.2) is 0 Å². The first-order valence-electron chi connectivity index (χ1n) is 5.04. The number of benzene rings is 1. The van der Waals surface area contributed by atoms with Crippen molar-refractivity contribution >= 4 is 5.97 Å². The van der Waals surface area contributed by atoms with Crippen LogP contribution in [0.5, 0.6) is 0 Å². The molecule has 3 heteroatoms. The SMILES string of the molecule is CCc1ccc([C@H](C(=O)O)N(C)C)cc1. The Labute approximate surface area is 90.3 Å². The van der Waals surface area contributed by atoms with Crippen molar-refractivity contribution in [1.82, 2.24) is 4.90 Å². The fourth-order valence-electron chi connectivity index (χ4n) is 1.60. The fourth-order valence-corrected chi connectivity index (χ4v) is 1.60. The van der Waals surface area contributed by atoms with Gasteiger partial charge in [-0.15, -0.1) is 0 Å². The van der Waals surface area contributed by atoms with Crippen LogP contribution in [0.25, 0.3) is 0 Å². The van der Waals surface area contributed by atoms with E-state index >= 15 is 0 Å². The van der Waals surface area contributed by atoms with Crippen molar-refractivity contribution in [3.63, 3.8) is 0 Å². The Bertz CT molecular complexity index is 330. The molecule has 0 amide bonds. The Morgan fingerprint density at radius 1 is 1.33 bits per heavy atom. The Balaban J connectivity index is 2.97. The molecule has 1 aromatic carbocycles. The van der Waals surface area contributed by atoms with Gasteiger partial charge < -0.3 is 5.11 Å². The van der Waals surface area contributed by atoms with Crippen LogP contribution >= 0.6 is 0 Å². The monoisotopic (exact) mass is 207 g/mol. The molecule has 0 radical (unpaired) electrons. The van der Waals surface area contributed by atoms with Crippen LogP contribution in [0.2, 0.25) is 0 Å². The number of carboxylic acids is 1. The minimum absolute atomic E-state index is 0.559. The van der Waals surface area contributed by atoms with Crippen molar-refractivity contribution in [1.29, 1.82) is 0 Å². The number of aryl methyl sites for hydroxylation is 1. The van der Waals surface area contributed by atoms with E-state index in [9.17, 15) is 4.79 Å². The first-order valence-corrected chi connectivity index (χ1v) is 5.04. The third-order valence-corrected chi connectivity index (χ3v) is 2.45. The molecule has 0 bridgehead atoms. The summed E-state index contributed by atoms with van der Waals surface area (Å²) in [6, 6.07) is 7.18. The van der Waals surface area contributed by atoms with E-state index in [0.717, 1.165) is 12.0 Å². The quantitative estimate of drug-likeness (QED) is 0.820. The van der Waals surface area contributed by atoms with Crippen molar-refractivity contribution in [2.24, 2.45) is 0 Å². The Hall–Kier alpha value is -1.35. The number of hydrogen-bond donors (Lipinski definition) is 1. The van der Waals surface area contributed by atoms with Crippen LogP contribution in [0.1, 0.15) is 24.1 Å². The molecule has 0 spiro atoms. The van der Waals surface area contributed by atoms with Crippen molar-refractivity contribution in [3.05, 3.63) is 35.4 Å². The number of carboxylic acid groups (broad SMARTS) is 1. The molecule has 1 atom stereocenters. The van der Waals surface area contributed by atoms with Gasteiger partial charge in [-0.25, -0.2) is 0 Å². The summed E-state index contributed by atoms with van der Waals surface area (Å²) < 4.78 is 0. The lowest BCUT2D eigenvalue weighted by molar-refractivity contribution is -0.142. The molecule has 0 saturated heterocycles. The minimum Gasteiger partial charge on any atom is -0.480 e. The molecule has 0 fully saturated rings. The molecule has 1 rings (SSSR count). The molecule has 15 heavy (non-hydrogen) atoms. The zero-order chi connectivity index (χ0) is 11.4. The standard InChI is InChI=1S/C12H17NO2/c1-4-9-5-7-10(8-6-9)11(12(14)15)13(2)3/h5-8,11H,4H2,1-3H3,(H,14,15)/t11-/m1/s1. The lowest BCUT2D eigenvalue weighted by Gasteiger charge is -2.20. The van der Waals surface area contributed by atoms with E-state index in [1.54, 1.807) is 19.0 Å². The van der Waals surface area contributed by atoms with E-state index in [1.807, 2.05) is 24.3 Å². The highest BCUT2D eigenvalue weighted by Gasteiger charge is 2.21. The maximum atomic E-state index is 11.1. The van der Waals surface area contributed by atoms with Gasteiger partial charge in [0.25, 0.3) is 0 Å². The topological polar surface area (TPSA) is 40.5 Å². The normalized spacial score (nSPS) is 12.8. The lowest BCUT2D eigenvalue weighted by Crippen LogP contribution is -2.27. The van der Waals surface area contributed by atoms with Crippen molar-refractivity contribution in [3.8, 4) is 0 Å². The van der Waals surface area contributed by atoms with E-state index in [1.165, 1.54) is 5.56 Å². The number of nitrogens with zero attached hydrogens (tertiary/aromatic N) is 1. The van der Waals surface area contributed by atoms with E-state index in [0.29, 0.717) is 0 Å². The van der Waals surface area contributed by atoms with Crippen LogP contribution in [-0.2, 0) is 11.2 Å². The van der Waals surface area contributed by atoms with Gasteiger partial charge in [-0.3, -0.25) is 9.69 Å². The van der Waals surface area contributed by atoms with Crippen LogP contribution in [0, 0.1) is 0 Å².